The molecule has 0 atom stereocenters. The number of benzene rings is 5. The van der Waals surface area contributed by atoms with Crippen LogP contribution in [0.15, 0.2) is 97.1 Å². The lowest BCUT2D eigenvalue weighted by atomic mass is 9.82. The van der Waals surface area contributed by atoms with E-state index in [1.807, 2.05) is 0 Å². The second kappa shape index (κ2) is 6.11. The average Bonchev–Trinajstić information content (AvgIpc) is 3.07. The number of ether oxygens (including phenoxy) is 1. The molecule has 1 aliphatic heterocycles. The van der Waals surface area contributed by atoms with Crippen molar-refractivity contribution in [2.75, 3.05) is 0 Å². The zero-order chi connectivity index (χ0) is 21.4. The molecule has 7 rings (SSSR count). The molecule has 0 spiro atoms. The fourth-order valence-corrected chi connectivity index (χ4v) is 5.78. The monoisotopic (exact) mass is 410 g/mol. The molecule has 1 heteroatoms. The van der Waals surface area contributed by atoms with Crippen LogP contribution in [0.5, 0.6) is 11.5 Å². The van der Waals surface area contributed by atoms with Crippen LogP contribution in [-0.2, 0) is 5.41 Å². The molecule has 0 saturated carbocycles. The first kappa shape index (κ1) is 17.8. The molecule has 5 aromatic rings. The maximum Gasteiger partial charge on any atom is 0.143 e. The Balaban J connectivity index is 1.54. The summed E-state index contributed by atoms with van der Waals surface area (Å²) in [5.41, 5.74) is 10.2. The van der Waals surface area contributed by atoms with Crippen molar-refractivity contribution < 1.29 is 4.74 Å². The molecule has 152 valence electrons. The molecule has 0 radical (unpaired) electrons. The summed E-state index contributed by atoms with van der Waals surface area (Å²) in [6.07, 6.45) is 0. The summed E-state index contributed by atoms with van der Waals surface area (Å²) in [5.74, 6) is 1.89. The van der Waals surface area contributed by atoms with Gasteiger partial charge in [-0.25, -0.2) is 0 Å². The highest BCUT2D eigenvalue weighted by Crippen LogP contribution is 2.55. The number of para-hydroxylation sites is 1. The fraction of sp³-hybridized carbons (Fsp3) is 0.0968. The number of hydrogen-bond acceptors (Lipinski definition) is 1. The van der Waals surface area contributed by atoms with Gasteiger partial charge in [0.2, 0.25) is 0 Å². The molecule has 0 amide bonds. The van der Waals surface area contributed by atoms with Crippen molar-refractivity contribution in [3.63, 3.8) is 0 Å². The summed E-state index contributed by atoms with van der Waals surface area (Å²) >= 11 is 0. The quantitative estimate of drug-likeness (QED) is 0.264. The largest absolute Gasteiger partial charge is 0.455 e. The van der Waals surface area contributed by atoms with Crippen LogP contribution in [0.4, 0.5) is 0 Å². The number of fused-ring (bicyclic) bond motifs is 5. The van der Waals surface area contributed by atoms with Crippen LogP contribution >= 0.6 is 0 Å². The Kier molecular flexibility index (Phi) is 3.40. The highest BCUT2D eigenvalue weighted by Gasteiger charge is 2.37. The third-order valence-corrected chi connectivity index (χ3v) is 7.28. The van der Waals surface area contributed by atoms with E-state index in [4.69, 9.17) is 4.74 Å². The molecule has 5 aromatic carbocycles. The van der Waals surface area contributed by atoms with Gasteiger partial charge in [0.1, 0.15) is 11.5 Å². The van der Waals surface area contributed by atoms with Crippen LogP contribution in [0.2, 0.25) is 0 Å². The Morgan fingerprint density at radius 1 is 0.531 bits per heavy atom. The van der Waals surface area contributed by atoms with E-state index >= 15 is 0 Å². The van der Waals surface area contributed by atoms with Gasteiger partial charge >= 0.3 is 0 Å². The number of hydrogen-bond donors (Lipinski definition) is 0. The van der Waals surface area contributed by atoms with Crippen molar-refractivity contribution in [3.8, 4) is 44.9 Å². The van der Waals surface area contributed by atoms with Gasteiger partial charge in [0.05, 0.1) is 0 Å². The van der Waals surface area contributed by atoms with Gasteiger partial charge in [-0.05, 0) is 44.8 Å². The Morgan fingerprint density at radius 3 is 2.00 bits per heavy atom. The lowest BCUT2D eigenvalue weighted by Crippen LogP contribution is -2.14. The normalized spacial score (nSPS) is 14.4. The summed E-state index contributed by atoms with van der Waals surface area (Å²) in [7, 11) is 0. The van der Waals surface area contributed by atoms with Crippen LogP contribution < -0.4 is 4.74 Å². The smallest absolute Gasteiger partial charge is 0.143 e. The topological polar surface area (TPSA) is 9.23 Å². The van der Waals surface area contributed by atoms with Gasteiger partial charge in [-0.1, -0.05) is 105 Å². The van der Waals surface area contributed by atoms with Crippen LogP contribution in [0.3, 0.4) is 0 Å². The van der Waals surface area contributed by atoms with Gasteiger partial charge in [-0.2, -0.15) is 0 Å². The second-order valence-corrected chi connectivity index (χ2v) is 9.34. The van der Waals surface area contributed by atoms with Gasteiger partial charge in [0.25, 0.3) is 0 Å². The average molecular weight is 411 g/mol. The lowest BCUT2D eigenvalue weighted by molar-refractivity contribution is 0.489. The Morgan fingerprint density at radius 2 is 1.12 bits per heavy atom. The fourth-order valence-electron chi connectivity index (χ4n) is 5.78. The van der Waals surface area contributed by atoms with Crippen LogP contribution in [0, 0.1) is 0 Å². The predicted molar refractivity (Wildman–Crippen MR) is 132 cm³/mol. The molecule has 1 nitrogen and oxygen atoms in total. The third kappa shape index (κ3) is 2.18. The Hall–Kier alpha value is -3.84. The Labute approximate surface area is 187 Å². The van der Waals surface area contributed by atoms with E-state index in [1.54, 1.807) is 0 Å². The zero-order valence-corrected chi connectivity index (χ0v) is 18.1. The minimum absolute atomic E-state index is 0.0180. The standard InChI is InChI=1S/C31H22O/c1-31(2)25-16-4-3-11-24(25)29-21(13-8-17-26(29)31)23-15-7-14-22-20-12-5-9-19-10-6-18-27(28(19)20)32-30(22)23/h3-18H,1-2H3. The number of rotatable bonds is 1. The second-order valence-electron chi connectivity index (χ2n) is 9.34. The summed E-state index contributed by atoms with van der Waals surface area (Å²) in [6.45, 7) is 4.66. The lowest BCUT2D eigenvalue weighted by Gasteiger charge is -2.25. The van der Waals surface area contributed by atoms with Gasteiger partial charge in [-0.3, -0.25) is 0 Å². The zero-order valence-electron chi connectivity index (χ0n) is 18.1. The Bertz CT molecular complexity index is 1570. The summed E-state index contributed by atoms with van der Waals surface area (Å²) in [4.78, 5) is 0. The summed E-state index contributed by atoms with van der Waals surface area (Å²) in [6, 6.07) is 34.9. The van der Waals surface area contributed by atoms with Crippen LogP contribution in [0.1, 0.15) is 25.0 Å². The third-order valence-electron chi connectivity index (χ3n) is 7.28. The molecule has 2 aliphatic rings. The van der Waals surface area contributed by atoms with E-state index in [0.29, 0.717) is 0 Å². The molecule has 0 bridgehead atoms. The van der Waals surface area contributed by atoms with E-state index in [1.165, 1.54) is 44.2 Å². The first-order chi connectivity index (χ1) is 15.6. The highest BCUT2D eigenvalue weighted by atomic mass is 16.5. The minimum Gasteiger partial charge on any atom is -0.455 e. The van der Waals surface area contributed by atoms with Gasteiger partial charge in [0, 0.05) is 21.9 Å². The molecule has 1 heterocycles. The summed E-state index contributed by atoms with van der Waals surface area (Å²) < 4.78 is 6.63. The van der Waals surface area contributed by atoms with Crippen LogP contribution in [-0.4, -0.2) is 0 Å². The van der Waals surface area contributed by atoms with Crippen molar-refractivity contribution in [2.45, 2.75) is 19.3 Å². The molecule has 1 aliphatic carbocycles. The molecular weight excluding hydrogens is 388 g/mol. The van der Waals surface area contributed by atoms with E-state index in [-0.39, 0.29) is 5.41 Å². The van der Waals surface area contributed by atoms with E-state index in [9.17, 15) is 0 Å². The molecule has 32 heavy (non-hydrogen) atoms. The minimum atomic E-state index is -0.0180. The van der Waals surface area contributed by atoms with E-state index < -0.39 is 0 Å². The van der Waals surface area contributed by atoms with Crippen molar-refractivity contribution in [3.05, 3.63) is 108 Å². The maximum atomic E-state index is 6.63. The van der Waals surface area contributed by atoms with E-state index in [0.717, 1.165) is 22.6 Å². The van der Waals surface area contributed by atoms with Gasteiger partial charge in [-0.15, -0.1) is 0 Å². The molecule has 0 N–H and O–H groups in total. The first-order valence-electron chi connectivity index (χ1n) is 11.2. The maximum absolute atomic E-state index is 6.63. The molecule has 0 aromatic heterocycles. The SMILES string of the molecule is CC1(C)c2ccccc2-c2c(-c3cccc4c3Oc3cccc5cccc-4c35)cccc21. The molecular formula is C31H22O. The van der Waals surface area contributed by atoms with Gasteiger partial charge < -0.3 is 4.74 Å². The van der Waals surface area contributed by atoms with Crippen molar-refractivity contribution >= 4 is 10.8 Å². The van der Waals surface area contributed by atoms with E-state index in [2.05, 4.69) is 111 Å². The molecule has 0 saturated heterocycles. The van der Waals surface area contributed by atoms with Crippen molar-refractivity contribution in [1.29, 1.82) is 0 Å². The first-order valence-corrected chi connectivity index (χ1v) is 11.2. The van der Waals surface area contributed by atoms with Gasteiger partial charge in [0.15, 0.2) is 0 Å². The summed E-state index contributed by atoms with van der Waals surface area (Å²) in [5, 5.41) is 2.41. The predicted octanol–water partition coefficient (Wildman–Crippen LogP) is 8.59. The van der Waals surface area contributed by atoms with Crippen LogP contribution in [0.25, 0.3) is 44.2 Å². The molecule has 0 fully saturated rings. The molecule has 0 unspecified atom stereocenters. The van der Waals surface area contributed by atoms with Crippen molar-refractivity contribution in [1.82, 2.24) is 0 Å². The highest BCUT2D eigenvalue weighted by molar-refractivity contribution is 6.06. The van der Waals surface area contributed by atoms with Crippen molar-refractivity contribution in [2.24, 2.45) is 0 Å².